The molecule has 6 heteroatoms. The van der Waals surface area contributed by atoms with Crippen molar-refractivity contribution in [1.29, 1.82) is 0 Å². The fourth-order valence-corrected chi connectivity index (χ4v) is 3.04. The maximum atomic E-state index is 12.1. The van der Waals surface area contributed by atoms with Gasteiger partial charge < -0.3 is 10.1 Å². The molecular weight excluding hydrogens is 357 g/mol. The van der Waals surface area contributed by atoms with E-state index in [2.05, 4.69) is 11.4 Å². The normalized spacial score (nSPS) is 15.7. The lowest BCUT2D eigenvalue weighted by Gasteiger charge is -2.17. The van der Waals surface area contributed by atoms with Crippen molar-refractivity contribution in [2.24, 2.45) is 0 Å². The molecule has 0 aromatic heterocycles. The lowest BCUT2D eigenvalue weighted by atomic mass is 9.97. The highest BCUT2D eigenvalue weighted by Crippen LogP contribution is 2.34. The van der Waals surface area contributed by atoms with Crippen LogP contribution in [-0.2, 0) is 4.79 Å². The van der Waals surface area contributed by atoms with Gasteiger partial charge in [-0.2, -0.15) is 0 Å². The van der Waals surface area contributed by atoms with Crippen LogP contribution in [0.25, 0.3) is 0 Å². The van der Waals surface area contributed by atoms with Crippen molar-refractivity contribution in [3.63, 3.8) is 0 Å². The predicted octanol–water partition coefficient (Wildman–Crippen LogP) is 5.42. The fourth-order valence-electron chi connectivity index (χ4n) is 2.46. The molecule has 0 unspecified atom stereocenters. The van der Waals surface area contributed by atoms with Crippen LogP contribution in [0.3, 0.4) is 0 Å². The van der Waals surface area contributed by atoms with E-state index in [0.717, 1.165) is 19.3 Å². The van der Waals surface area contributed by atoms with Gasteiger partial charge in [0.1, 0.15) is 5.75 Å². The van der Waals surface area contributed by atoms with Gasteiger partial charge in [-0.1, -0.05) is 46.5 Å². The van der Waals surface area contributed by atoms with Crippen molar-refractivity contribution >= 4 is 40.7 Å². The number of hydrogen-bond acceptors (Lipinski definition) is 2. The smallest absolute Gasteiger partial charge is 0.260 e. The molecule has 126 valence electrons. The Labute approximate surface area is 151 Å². The zero-order valence-corrected chi connectivity index (χ0v) is 15.3. The van der Waals surface area contributed by atoms with Gasteiger partial charge in [0.25, 0.3) is 5.91 Å². The molecule has 23 heavy (non-hydrogen) atoms. The van der Waals surface area contributed by atoms with Gasteiger partial charge in [0, 0.05) is 12.6 Å². The van der Waals surface area contributed by atoms with E-state index in [1.54, 1.807) is 6.92 Å². The van der Waals surface area contributed by atoms with Crippen LogP contribution in [0.2, 0.25) is 15.1 Å². The monoisotopic (exact) mass is 375 g/mol. The van der Waals surface area contributed by atoms with Gasteiger partial charge in [0.2, 0.25) is 0 Å². The maximum Gasteiger partial charge on any atom is 0.260 e. The summed E-state index contributed by atoms with van der Waals surface area (Å²) in [5, 5.41) is 3.90. The SMILES string of the molecule is C[C@H](Oc1cc(Cl)c(Cl)cc1Cl)C(=O)NCCC1=CCCCC1. The second-order valence-corrected chi connectivity index (χ2v) is 6.83. The van der Waals surface area contributed by atoms with E-state index < -0.39 is 6.10 Å². The van der Waals surface area contributed by atoms with Gasteiger partial charge in [0.05, 0.1) is 15.1 Å². The largest absolute Gasteiger partial charge is 0.479 e. The topological polar surface area (TPSA) is 38.3 Å². The molecule has 1 aromatic carbocycles. The van der Waals surface area contributed by atoms with E-state index in [9.17, 15) is 4.79 Å². The molecule has 0 saturated heterocycles. The standard InChI is InChI=1S/C17H20Cl3NO2/c1-11(23-16-10-14(19)13(18)9-15(16)20)17(22)21-8-7-12-5-3-2-4-6-12/h5,9-11H,2-4,6-8H2,1H3,(H,21,22)/t11-/m0/s1. The third-order valence-corrected chi connectivity index (χ3v) is 4.80. The molecule has 0 spiro atoms. The quantitative estimate of drug-likeness (QED) is 0.531. The first-order valence-corrected chi connectivity index (χ1v) is 8.87. The van der Waals surface area contributed by atoms with Crippen LogP contribution < -0.4 is 10.1 Å². The van der Waals surface area contributed by atoms with Crippen molar-refractivity contribution in [3.05, 3.63) is 38.8 Å². The van der Waals surface area contributed by atoms with Gasteiger partial charge in [-0.25, -0.2) is 0 Å². The van der Waals surface area contributed by atoms with E-state index >= 15 is 0 Å². The molecule has 1 amide bonds. The average Bonchev–Trinajstić information content (AvgIpc) is 2.53. The number of rotatable bonds is 6. The molecule has 1 N–H and O–H groups in total. The zero-order valence-electron chi connectivity index (χ0n) is 13.0. The first kappa shape index (κ1) is 18.4. The minimum atomic E-state index is -0.662. The number of halogens is 3. The first-order valence-electron chi connectivity index (χ1n) is 7.74. The second-order valence-electron chi connectivity index (χ2n) is 5.61. The highest BCUT2D eigenvalue weighted by atomic mass is 35.5. The lowest BCUT2D eigenvalue weighted by molar-refractivity contribution is -0.127. The average molecular weight is 377 g/mol. The Bertz CT molecular complexity index is 602. The van der Waals surface area contributed by atoms with Crippen molar-refractivity contribution < 1.29 is 9.53 Å². The lowest BCUT2D eigenvalue weighted by Crippen LogP contribution is -2.37. The summed E-state index contributed by atoms with van der Waals surface area (Å²) in [6.45, 7) is 2.29. The molecular formula is C17H20Cl3NO2. The Balaban J connectivity index is 1.83. The molecule has 1 atom stereocenters. The minimum absolute atomic E-state index is 0.177. The molecule has 1 aliphatic carbocycles. The molecule has 0 fully saturated rings. The summed E-state index contributed by atoms with van der Waals surface area (Å²) in [4.78, 5) is 12.1. The molecule has 0 bridgehead atoms. The summed E-state index contributed by atoms with van der Waals surface area (Å²) in [5.74, 6) is 0.169. The van der Waals surface area contributed by atoms with Crippen LogP contribution in [0.1, 0.15) is 39.0 Å². The predicted molar refractivity (Wildman–Crippen MR) is 95.7 cm³/mol. The molecule has 2 rings (SSSR count). The number of carbonyl (C=O) groups is 1. The number of hydrogen-bond donors (Lipinski definition) is 1. The summed E-state index contributed by atoms with van der Waals surface area (Å²) in [5.41, 5.74) is 1.43. The van der Waals surface area contributed by atoms with Crippen LogP contribution >= 0.6 is 34.8 Å². The molecule has 1 aliphatic rings. The van der Waals surface area contributed by atoms with Crippen molar-refractivity contribution in [2.45, 2.75) is 45.1 Å². The van der Waals surface area contributed by atoms with Crippen molar-refractivity contribution in [3.8, 4) is 5.75 Å². The van der Waals surface area contributed by atoms with Crippen LogP contribution in [0.4, 0.5) is 0 Å². The minimum Gasteiger partial charge on any atom is -0.479 e. The summed E-state index contributed by atoms with van der Waals surface area (Å²) >= 11 is 17.9. The molecule has 0 saturated carbocycles. The Morgan fingerprint density at radius 2 is 1.96 bits per heavy atom. The fraction of sp³-hybridized carbons (Fsp3) is 0.471. The van der Waals surface area contributed by atoms with Crippen LogP contribution in [0.5, 0.6) is 5.75 Å². The number of benzene rings is 1. The molecule has 3 nitrogen and oxygen atoms in total. The van der Waals surface area contributed by atoms with Crippen LogP contribution in [0, 0.1) is 0 Å². The Kier molecular flexibility index (Phi) is 7.07. The Morgan fingerprint density at radius 1 is 1.22 bits per heavy atom. The third kappa shape index (κ3) is 5.59. The van der Waals surface area contributed by atoms with Gasteiger partial charge >= 0.3 is 0 Å². The van der Waals surface area contributed by atoms with Gasteiger partial charge in [-0.3, -0.25) is 4.79 Å². The molecule has 0 aliphatic heterocycles. The van der Waals surface area contributed by atoms with E-state index in [1.165, 1.54) is 30.5 Å². The van der Waals surface area contributed by atoms with Crippen LogP contribution in [0.15, 0.2) is 23.8 Å². The maximum absolute atomic E-state index is 12.1. The summed E-state index contributed by atoms with van der Waals surface area (Å²) in [6.07, 6.45) is 7.32. The number of allylic oxidation sites excluding steroid dienone is 1. The molecule has 1 aromatic rings. The number of carbonyl (C=O) groups excluding carboxylic acids is 1. The van der Waals surface area contributed by atoms with Crippen molar-refractivity contribution in [1.82, 2.24) is 5.32 Å². The second kappa shape index (κ2) is 8.81. The Hall–Kier alpha value is -0.900. The highest BCUT2D eigenvalue weighted by Gasteiger charge is 2.17. The summed E-state index contributed by atoms with van der Waals surface area (Å²) in [7, 11) is 0. The van der Waals surface area contributed by atoms with Crippen molar-refractivity contribution in [2.75, 3.05) is 6.54 Å². The van der Waals surface area contributed by atoms with E-state index in [1.807, 2.05) is 0 Å². The van der Waals surface area contributed by atoms with Gasteiger partial charge in [-0.15, -0.1) is 0 Å². The molecule has 0 radical (unpaired) electrons. The third-order valence-electron chi connectivity index (χ3n) is 3.78. The Morgan fingerprint density at radius 3 is 2.65 bits per heavy atom. The summed E-state index contributed by atoms with van der Waals surface area (Å²) < 4.78 is 5.58. The van der Waals surface area contributed by atoms with E-state index in [4.69, 9.17) is 39.5 Å². The number of nitrogens with one attached hydrogen (secondary N) is 1. The first-order chi connectivity index (χ1) is 11.0. The van der Waals surface area contributed by atoms with E-state index in [0.29, 0.717) is 27.4 Å². The van der Waals surface area contributed by atoms with Gasteiger partial charge in [-0.05, 0) is 45.1 Å². The summed E-state index contributed by atoms with van der Waals surface area (Å²) in [6, 6.07) is 3.02. The van der Waals surface area contributed by atoms with E-state index in [-0.39, 0.29) is 5.91 Å². The zero-order chi connectivity index (χ0) is 16.8. The number of ether oxygens (including phenoxy) is 1. The van der Waals surface area contributed by atoms with Gasteiger partial charge in [0.15, 0.2) is 6.10 Å². The number of amides is 1. The highest BCUT2D eigenvalue weighted by molar-refractivity contribution is 6.43. The molecule has 0 heterocycles. The van der Waals surface area contributed by atoms with Crippen LogP contribution in [-0.4, -0.2) is 18.6 Å².